The highest BCUT2D eigenvalue weighted by Crippen LogP contribution is 2.42. The van der Waals surface area contributed by atoms with Crippen LogP contribution in [0.1, 0.15) is 158 Å². The van der Waals surface area contributed by atoms with Crippen molar-refractivity contribution in [3.63, 3.8) is 0 Å². The molecule has 42 heavy (non-hydrogen) atoms. The quantitative estimate of drug-likeness (QED) is 0.213. The van der Waals surface area contributed by atoms with Crippen molar-refractivity contribution < 1.29 is 19.2 Å². The van der Waals surface area contributed by atoms with Gasteiger partial charge in [-0.1, -0.05) is 65.2 Å². The summed E-state index contributed by atoms with van der Waals surface area (Å²) in [6.07, 6.45) is 17.5. The van der Waals surface area contributed by atoms with Crippen LogP contribution in [0.2, 0.25) is 0 Å². The van der Waals surface area contributed by atoms with Gasteiger partial charge in [0.1, 0.15) is 0 Å². The van der Waals surface area contributed by atoms with Gasteiger partial charge in [-0.3, -0.25) is 29.0 Å². The summed E-state index contributed by atoms with van der Waals surface area (Å²) in [7, 11) is 0. The van der Waals surface area contributed by atoms with E-state index in [0.29, 0.717) is 44.9 Å². The van der Waals surface area contributed by atoms with Crippen molar-refractivity contribution in [2.75, 3.05) is 0 Å². The van der Waals surface area contributed by atoms with Crippen LogP contribution in [0.4, 0.5) is 0 Å². The van der Waals surface area contributed by atoms with Gasteiger partial charge in [0.25, 0.3) is 23.6 Å². The molecular formula is C36H46N2O4. The van der Waals surface area contributed by atoms with Crippen LogP contribution in [0.25, 0.3) is 10.8 Å². The van der Waals surface area contributed by atoms with Crippen molar-refractivity contribution in [2.45, 2.75) is 129 Å². The van der Waals surface area contributed by atoms with Gasteiger partial charge < -0.3 is 0 Å². The average Bonchev–Trinajstić information content (AvgIpc) is 3.00. The van der Waals surface area contributed by atoms with E-state index in [4.69, 9.17) is 0 Å². The second-order valence-corrected chi connectivity index (χ2v) is 13.4. The smallest absolute Gasteiger partial charge is 0.261 e. The first-order chi connectivity index (χ1) is 20.4. The molecule has 4 aliphatic rings. The van der Waals surface area contributed by atoms with Crippen molar-refractivity contribution in [2.24, 2.45) is 11.8 Å². The Hall–Kier alpha value is -3.02. The van der Waals surface area contributed by atoms with E-state index in [1.54, 1.807) is 24.3 Å². The van der Waals surface area contributed by atoms with Crippen molar-refractivity contribution in [1.82, 2.24) is 9.80 Å². The predicted octanol–water partition coefficient (Wildman–Crippen LogP) is 8.31. The van der Waals surface area contributed by atoms with Crippen LogP contribution >= 0.6 is 0 Å². The summed E-state index contributed by atoms with van der Waals surface area (Å²) >= 11 is 0. The number of benzene rings is 2. The Kier molecular flexibility index (Phi) is 8.51. The summed E-state index contributed by atoms with van der Waals surface area (Å²) in [6.45, 7) is 4.44. The van der Waals surface area contributed by atoms with Crippen LogP contribution in [0, 0.1) is 11.8 Å². The molecule has 6 nitrogen and oxygen atoms in total. The highest BCUT2D eigenvalue weighted by atomic mass is 16.2. The SMILES string of the molecule is CCCCCC1CCC(N2C(=O)c3ccc4c5c(ccc(c35)C2=O)C(=O)N(C2CCC(CCCCC)CC2)C4=O)CC1. The van der Waals surface area contributed by atoms with E-state index in [0.717, 1.165) is 51.4 Å². The maximum absolute atomic E-state index is 13.9. The van der Waals surface area contributed by atoms with E-state index in [2.05, 4.69) is 13.8 Å². The number of nitrogens with zero attached hydrogens (tertiary/aromatic N) is 2. The number of rotatable bonds is 10. The Bertz CT molecular complexity index is 1210. The van der Waals surface area contributed by atoms with Crippen molar-refractivity contribution in [3.05, 3.63) is 46.5 Å². The summed E-state index contributed by atoms with van der Waals surface area (Å²) in [5.41, 5.74) is 1.77. The Morgan fingerprint density at radius 1 is 0.500 bits per heavy atom. The van der Waals surface area contributed by atoms with E-state index >= 15 is 0 Å². The van der Waals surface area contributed by atoms with Gasteiger partial charge in [0.15, 0.2) is 0 Å². The Balaban J connectivity index is 1.23. The standard InChI is InChI=1S/C36H46N2O4/c1-3-5-7-9-23-11-15-25(16-12-23)37-33(39)27-19-21-29-32-30(22-20-28(31(27)32)34(37)40)36(42)38(35(29)41)26-17-13-24(14-18-26)10-8-6-4-2/h19-26H,3-18H2,1-2H3. The van der Waals surface area contributed by atoms with Crippen LogP contribution in [-0.2, 0) is 0 Å². The number of carbonyl (C=O) groups is 4. The molecule has 2 aromatic rings. The first kappa shape index (κ1) is 29.1. The second kappa shape index (κ2) is 12.3. The zero-order valence-corrected chi connectivity index (χ0v) is 25.5. The van der Waals surface area contributed by atoms with Gasteiger partial charge in [-0.05, 0) is 87.5 Å². The summed E-state index contributed by atoms with van der Waals surface area (Å²) in [5.74, 6) is 0.225. The molecule has 4 amide bonds. The van der Waals surface area contributed by atoms with Gasteiger partial charge in [0.2, 0.25) is 0 Å². The number of hydrogen-bond acceptors (Lipinski definition) is 4. The number of imide groups is 2. The minimum Gasteiger partial charge on any atom is -0.271 e. The molecule has 0 bridgehead atoms. The highest BCUT2D eigenvalue weighted by Gasteiger charge is 2.44. The summed E-state index contributed by atoms with van der Waals surface area (Å²) in [6, 6.07) is 6.69. The second-order valence-electron chi connectivity index (χ2n) is 13.4. The molecule has 0 radical (unpaired) electrons. The molecule has 2 aliphatic carbocycles. The lowest BCUT2D eigenvalue weighted by molar-refractivity contribution is 0.0460. The van der Waals surface area contributed by atoms with Crippen LogP contribution in [0.15, 0.2) is 24.3 Å². The fraction of sp³-hybridized carbons (Fsp3) is 0.611. The molecule has 2 heterocycles. The Labute approximate surface area is 250 Å². The molecule has 6 rings (SSSR count). The lowest BCUT2D eigenvalue weighted by atomic mass is 9.79. The predicted molar refractivity (Wildman–Crippen MR) is 165 cm³/mol. The zero-order valence-electron chi connectivity index (χ0n) is 25.5. The minimum absolute atomic E-state index is 0.0984. The molecule has 2 fully saturated rings. The van der Waals surface area contributed by atoms with Crippen LogP contribution < -0.4 is 0 Å². The summed E-state index contributed by atoms with van der Waals surface area (Å²) < 4.78 is 0. The lowest BCUT2D eigenvalue weighted by Gasteiger charge is -2.40. The molecule has 6 heteroatoms. The third kappa shape index (κ3) is 5.09. The topological polar surface area (TPSA) is 74.8 Å². The van der Waals surface area contributed by atoms with E-state index in [1.807, 2.05) is 0 Å². The number of carbonyl (C=O) groups excluding carboxylic acids is 4. The molecule has 224 valence electrons. The van der Waals surface area contributed by atoms with Gasteiger partial charge in [-0.15, -0.1) is 0 Å². The van der Waals surface area contributed by atoms with E-state index in [9.17, 15) is 19.2 Å². The van der Waals surface area contributed by atoms with Crippen molar-refractivity contribution >= 4 is 34.4 Å². The fourth-order valence-corrected chi connectivity index (χ4v) is 8.32. The van der Waals surface area contributed by atoms with Gasteiger partial charge >= 0.3 is 0 Å². The first-order valence-corrected chi connectivity index (χ1v) is 16.8. The van der Waals surface area contributed by atoms with Gasteiger partial charge in [0, 0.05) is 45.1 Å². The summed E-state index contributed by atoms with van der Waals surface area (Å²) in [4.78, 5) is 58.4. The average molecular weight is 571 g/mol. The van der Waals surface area contributed by atoms with Gasteiger partial charge in [-0.25, -0.2) is 0 Å². The van der Waals surface area contributed by atoms with Crippen LogP contribution in [0.5, 0.6) is 0 Å². The van der Waals surface area contributed by atoms with E-state index in [-0.39, 0.29) is 35.7 Å². The molecule has 0 aromatic heterocycles. The zero-order chi connectivity index (χ0) is 29.4. The maximum atomic E-state index is 13.9. The fourth-order valence-electron chi connectivity index (χ4n) is 8.32. The largest absolute Gasteiger partial charge is 0.271 e. The van der Waals surface area contributed by atoms with Crippen molar-refractivity contribution in [3.8, 4) is 0 Å². The summed E-state index contributed by atoms with van der Waals surface area (Å²) in [5, 5.41) is 0.982. The van der Waals surface area contributed by atoms with Crippen molar-refractivity contribution in [1.29, 1.82) is 0 Å². The molecular weight excluding hydrogens is 524 g/mol. The third-order valence-corrected chi connectivity index (χ3v) is 10.8. The molecule has 2 aliphatic heterocycles. The Morgan fingerprint density at radius 3 is 1.10 bits per heavy atom. The number of amides is 4. The Morgan fingerprint density at radius 2 is 0.810 bits per heavy atom. The third-order valence-electron chi connectivity index (χ3n) is 10.8. The molecule has 0 saturated heterocycles. The number of unbranched alkanes of at least 4 members (excludes halogenated alkanes) is 4. The first-order valence-electron chi connectivity index (χ1n) is 16.8. The molecule has 0 spiro atoms. The van der Waals surface area contributed by atoms with Crippen LogP contribution in [0.3, 0.4) is 0 Å². The highest BCUT2D eigenvalue weighted by molar-refractivity contribution is 6.33. The minimum atomic E-state index is -0.283. The van der Waals surface area contributed by atoms with Crippen LogP contribution in [-0.4, -0.2) is 45.5 Å². The normalized spacial score (nSPS) is 26.0. The maximum Gasteiger partial charge on any atom is 0.261 e. The molecule has 2 saturated carbocycles. The molecule has 2 aromatic carbocycles. The molecule has 0 unspecified atom stereocenters. The van der Waals surface area contributed by atoms with Gasteiger partial charge in [-0.2, -0.15) is 0 Å². The molecule has 0 N–H and O–H groups in total. The van der Waals surface area contributed by atoms with Gasteiger partial charge in [0.05, 0.1) is 0 Å². The lowest BCUT2D eigenvalue weighted by Crippen LogP contribution is -2.50. The van der Waals surface area contributed by atoms with E-state index in [1.165, 1.54) is 61.2 Å². The van der Waals surface area contributed by atoms with E-state index < -0.39 is 0 Å². The monoisotopic (exact) mass is 570 g/mol. The molecule has 0 atom stereocenters. The number of hydrogen-bond donors (Lipinski definition) is 0.